The van der Waals surface area contributed by atoms with Crippen LogP contribution in [0.15, 0.2) is 60.7 Å². The SMILES string of the molecule is CC(C)(C)O.CC(C)(OOC(C)(C)c1ccccc1)c1ccccc1. The molecule has 0 amide bonds. The zero-order chi connectivity index (χ0) is 19.1. The fraction of sp³-hybridized carbons (Fsp3) is 0.455. The predicted molar refractivity (Wildman–Crippen MR) is 103 cm³/mol. The van der Waals surface area contributed by atoms with Crippen molar-refractivity contribution in [3.05, 3.63) is 71.8 Å². The topological polar surface area (TPSA) is 38.7 Å². The molecule has 0 radical (unpaired) electrons. The van der Waals surface area contributed by atoms with Crippen LogP contribution in [-0.4, -0.2) is 10.7 Å². The highest BCUT2D eigenvalue weighted by atomic mass is 17.2. The van der Waals surface area contributed by atoms with E-state index >= 15 is 0 Å². The normalized spacial score (nSPS) is 12.3. The smallest absolute Gasteiger partial charge is 0.123 e. The molecule has 2 aromatic rings. The maximum absolute atomic E-state index is 8.52. The van der Waals surface area contributed by atoms with E-state index in [0.717, 1.165) is 11.1 Å². The molecule has 138 valence electrons. The van der Waals surface area contributed by atoms with Gasteiger partial charge >= 0.3 is 0 Å². The maximum Gasteiger partial charge on any atom is 0.123 e. The Morgan fingerprint density at radius 3 is 1.04 bits per heavy atom. The van der Waals surface area contributed by atoms with Gasteiger partial charge in [-0.1, -0.05) is 60.7 Å². The highest BCUT2D eigenvalue weighted by molar-refractivity contribution is 5.22. The Balaban J connectivity index is 0.000000550. The first-order valence-electron chi connectivity index (χ1n) is 8.62. The highest BCUT2D eigenvalue weighted by Gasteiger charge is 2.29. The van der Waals surface area contributed by atoms with E-state index in [1.54, 1.807) is 20.8 Å². The summed E-state index contributed by atoms with van der Waals surface area (Å²) in [5, 5.41) is 8.52. The molecular formula is C22H32O3. The van der Waals surface area contributed by atoms with Crippen molar-refractivity contribution in [3.8, 4) is 0 Å². The van der Waals surface area contributed by atoms with Gasteiger partial charge < -0.3 is 5.11 Å². The van der Waals surface area contributed by atoms with Crippen LogP contribution in [-0.2, 0) is 21.0 Å². The summed E-state index contributed by atoms with van der Waals surface area (Å²) >= 11 is 0. The Morgan fingerprint density at radius 2 is 0.800 bits per heavy atom. The summed E-state index contributed by atoms with van der Waals surface area (Å²) in [6.07, 6.45) is 0. The van der Waals surface area contributed by atoms with E-state index in [1.165, 1.54) is 0 Å². The molecule has 2 rings (SSSR count). The summed E-state index contributed by atoms with van der Waals surface area (Å²) in [7, 11) is 0. The molecule has 1 N–H and O–H groups in total. The Labute approximate surface area is 152 Å². The van der Waals surface area contributed by atoms with Gasteiger partial charge in [-0.2, -0.15) is 0 Å². The molecule has 0 aromatic heterocycles. The minimum absolute atomic E-state index is 0.493. The summed E-state index contributed by atoms with van der Waals surface area (Å²) in [6.45, 7) is 13.2. The van der Waals surface area contributed by atoms with Crippen LogP contribution in [0.4, 0.5) is 0 Å². The van der Waals surface area contributed by atoms with E-state index in [2.05, 4.69) is 0 Å². The van der Waals surface area contributed by atoms with Crippen molar-refractivity contribution in [2.24, 2.45) is 0 Å². The zero-order valence-corrected chi connectivity index (χ0v) is 16.5. The Bertz CT molecular complexity index is 553. The maximum atomic E-state index is 8.52. The zero-order valence-electron chi connectivity index (χ0n) is 16.5. The second-order valence-electron chi connectivity index (χ2n) is 8.09. The van der Waals surface area contributed by atoms with Gasteiger partial charge in [0.25, 0.3) is 0 Å². The fourth-order valence-corrected chi connectivity index (χ4v) is 1.98. The number of rotatable bonds is 5. The minimum atomic E-state index is -0.500. The summed E-state index contributed by atoms with van der Waals surface area (Å²) in [6, 6.07) is 20.2. The van der Waals surface area contributed by atoms with Crippen molar-refractivity contribution in [2.45, 2.75) is 65.3 Å². The van der Waals surface area contributed by atoms with Crippen LogP contribution in [0.25, 0.3) is 0 Å². The first-order valence-corrected chi connectivity index (χ1v) is 8.62. The molecule has 0 saturated carbocycles. The van der Waals surface area contributed by atoms with Gasteiger partial charge in [-0.05, 0) is 59.6 Å². The summed E-state index contributed by atoms with van der Waals surface area (Å²) in [5.41, 5.74) is 0.688. The van der Waals surface area contributed by atoms with E-state index in [9.17, 15) is 0 Å². The third-order valence-corrected chi connectivity index (χ3v) is 3.40. The standard InChI is InChI=1S/C18H22O2.C4H10O/c1-17(2,15-11-7-5-8-12-15)19-20-18(3,4)16-13-9-6-10-14-16;1-4(2,3)5/h5-14H,1-4H3;5H,1-3H3. The average Bonchev–Trinajstić information content (AvgIpc) is 2.53. The van der Waals surface area contributed by atoms with Gasteiger partial charge in [0.15, 0.2) is 0 Å². The summed E-state index contributed by atoms with van der Waals surface area (Å²) < 4.78 is 0. The van der Waals surface area contributed by atoms with Crippen molar-refractivity contribution in [2.75, 3.05) is 0 Å². The molecular weight excluding hydrogens is 312 g/mol. The molecule has 0 unspecified atom stereocenters. The van der Waals surface area contributed by atoms with Gasteiger partial charge in [0.1, 0.15) is 11.2 Å². The van der Waals surface area contributed by atoms with Crippen molar-refractivity contribution < 1.29 is 14.9 Å². The van der Waals surface area contributed by atoms with Crippen LogP contribution in [0, 0.1) is 0 Å². The fourth-order valence-electron chi connectivity index (χ4n) is 1.98. The molecule has 0 aliphatic heterocycles. The van der Waals surface area contributed by atoms with E-state index < -0.39 is 16.8 Å². The van der Waals surface area contributed by atoms with Crippen LogP contribution in [0.5, 0.6) is 0 Å². The molecule has 0 fully saturated rings. The van der Waals surface area contributed by atoms with Crippen molar-refractivity contribution in [1.82, 2.24) is 0 Å². The van der Waals surface area contributed by atoms with E-state index in [1.807, 2.05) is 88.4 Å². The van der Waals surface area contributed by atoms with Gasteiger partial charge in [0.05, 0.1) is 5.60 Å². The monoisotopic (exact) mass is 344 g/mol. The van der Waals surface area contributed by atoms with Crippen molar-refractivity contribution in [3.63, 3.8) is 0 Å². The van der Waals surface area contributed by atoms with Crippen LogP contribution in [0.1, 0.15) is 59.6 Å². The van der Waals surface area contributed by atoms with Gasteiger partial charge in [-0.25, -0.2) is 9.78 Å². The first kappa shape index (κ1) is 21.4. The number of hydrogen-bond donors (Lipinski definition) is 1. The third-order valence-electron chi connectivity index (χ3n) is 3.40. The second-order valence-corrected chi connectivity index (χ2v) is 8.09. The number of hydrogen-bond acceptors (Lipinski definition) is 3. The average molecular weight is 344 g/mol. The molecule has 0 bridgehead atoms. The van der Waals surface area contributed by atoms with Gasteiger partial charge in [0, 0.05) is 0 Å². The third kappa shape index (κ3) is 8.30. The molecule has 25 heavy (non-hydrogen) atoms. The Hall–Kier alpha value is -1.68. The Kier molecular flexibility index (Phi) is 7.36. The lowest BCUT2D eigenvalue weighted by Crippen LogP contribution is -2.29. The molecule has 3 heteroatoms. The van der Waals surface area contributed by atoms with E-state index in [0.29, 0.717) is 0 Å². The molecule has 0 heterocycles. The lowest BCUT2D eigenvalue weighted by Gasteiger charge is -2.31. The van der Waals surface area contributed by atoms with Gasteiger partial charge in [-0.15, -0.1) is 0 Å². The Morgan fingerprint density at radius 1 is 0.560 bits per heavy atom. The van der Waals surface area contributed by atoms with E-state index in [-0.39, 0.29) is 0 Å². The number of benzene rings is 2. The van der Waals surface area contributed by atoms with Crippen LogP contribution >= 0.6 is 0 Å². The molecule has 2 aromatic carbocycles. The van der Waals surface area contributed by atoms with Crippen LogP contribution in [0.2, 0.25) is 0 Å². The van der Waals surface area contributed by atoms with Crippen molar-refractivity contribution in [1.29, 1.82) is 0 Å². The summed E-state index contributed by atoms with van der Waals surface area (Å²) in [5.74, 6) is 0. The quantitative estimate of drug-likeness (QED) is 0.568. The van der Waals surface area contributed by atoms with Gasteiger partial charge in [-0.3, -0.25) is 0 Å². The summed E-state index contributed by atoms with van der Waals surface area (Å²) in [4.78, 5) is 11.5. The lowest BCUT2D eigenvalue weighted by molar-refractivity contribution is -0.410. The number of aliphatic hydroxyl groups is 1. The van der Waals surface area contributed by atoms with Crippen LogP contribution in [0.3, 0.4) is 0 Å². The molecule has 3 nitrogen and oxygen atoms in total. The molecule has 0 aliphatic carbocycles. The van der Waals surface area contributed by atoms with Crippen LogP contribution < -0.4 is 0 Å². The largest absolute Gasteiger partial charge is 0.391 e. The van der Waals surface area contributed by atoms with E-state index in [4.69, 9.17) is 14.9 Å². The minimum Gasteiger partial charge on any atom is -0.391 e. The second kappa shape index (κ2) is 8.61. The van der Waals surface area contributed by atoms with Crippen molar-refractivity contribution >= 4 is 0 Å². The highest BCUT2D eigenvalue weighted by Crippen LogP contribution is 2.31. The predicted octanol–water partition coefficient (Wildman–Crippen LogP) is 5.58. The van der Waals surface area contributed by atoms with Gasteiger partial charge in [0.2, 0.25) is 0 Å². The first-order chi connectivity index (χ1) is 11.4. The molecule has 0 saturated heterocycles. The molecule has 0 atom stereocenters. The molecule has 0 spiro atoms. The molecule has 0 aliphatic rings. The lowest BCUT2D eigenvalue weighted by atomic mass is 9.98.